The van der Waals surface area contributed by atoms with E-state index in [1.807, 2.05) is 0 Å². The zero-order valence-corrected chi connectivity index (χ0v) is 7.99. The average molecular weight is 186 g/mol. The molecule has 76 valence electrons. The zero-order valence-electron chi connectivity index (χ0n) is 7.99. The second kappa shape index (κ2) is 3.64. The molecule has 0 aromatic heterocycles. The minimum atomic E-state index is -1.08. The van der Waals surface area contributed by atoms with E-state index in [0.717, 1.165) is 25.7 Å². The van der Waals surface area contributed by atoms with Crippen molar-refractivity contribution < 1.29 is 9.90 Å². The lowest BCUT2D eigenvalue weighted by Crippen LogP contribution is -2.53. The molecule has 1 atom stereocenters. The van der Waals surface area contributed by atoms with Crippen molar-refractivity contribution in [3.05, 3.63) is 0 Å². The second-order valence-corrected chi connectivity index (χ2v) is 4.20. The summed E-state index contributed by atoms with van der Waals surface area (Å²) in [4.78, 5) is 10.8. The zero-order chi connectivity index (χ0) is 10.1. The number of carboxylic acid groups (broad SMARTS) is 1. The molecular weight excluding hydrogens is 168 g/mol. The Morgan fingerprint density at radius 1 is 1.38 bits per heavy atom. The van der Waals surface area contributed by atoms with Gasteiger partial charge in [0.15, 0.2) is 0 Å². The Morgan fingerprint density at radius 3 is 2.23 bits per heavy atom. The molecule has 4 nitrogen and oxygen atoms in total. The second-order valence-electron chi connectivity index (χ2n) is 4.20. The number of rotatable bonds is 2. The summed E-state index contributed by atoms with van der Waals surface area (Å²) in [7, 11) is 0. The first-order valence-electron chi connectivity index (χ1n) is 4.72. The van der Waals surface area contributed by atoms with Gasteiger partial charge in [0.05, 0.1) is 0 Å². The van der Waals surface area contributed by atoms with E-state index in [0.29, 0.717) is 0 Å². The highest BCUT2D eigenvalue weighted by Crippen LogP contribution is 2.30. The van der Waals surface area contributed by atoms with Crippen molar-refractivity contribution in [2.24, 2.45) is 17.4 Å². The third-order valence-corrected chi connectivity index (χ3v) is 3.08. The molecule has 0 aromatic carbocycles. The molecule has 0 unspecified atom stereocenters. The molecule has 4 heteroatoms. The lowest BCUT2D eigenvalue weighted by atomic mass is 9.75. The molecule has 0 saturated heterocycles. The van der Waals surface area contributed by atoms with Gasteiger partial charge in [-0.3, -0.25) is 4.79 Å². The van der Waals surface area contributed by atoms with Crippen LogP contribution in [-0.2, 0) is 4.79 Å². The standard InChI is InChI=1S/C9H18N2O2/c1-9(11,8(12)13)6-2-4-7(10)5-3-6/h6-7H,2-5,10-11H2,1H3,(H,12,13)/t6?,7?,9-/m1/s1. The summed E-state index contributed by atoms with van der Waals surface area (Å²) in [6, 6.07) is 0.237. The highest BCUT2D eigenvalue weighted by molar-refractivity contribution is 5.78. The fourth-order valence-electron chi connectivity index (χ4n) is 1.89. The Bertz CT molecular complexity index is 196. The molecule has 1 rings (SSSR count). The Morgan fingerprint density at radius 2 is 1.85 bits per heavy atom. The van der Waals surface area contributed by atoms with Crippen LogP contribution < -0.4 is 11.5 Å². The molecule has 0 spiro atoms. The molecule has 5 N–H and O–H groups in total. The van der Waals surface area contributed by atoms with Crippen LogP contribution in [0.25, 0.3) is 0 Å². The van der Waals surface area contributed by atoms with Crippen molar-refractivity contribution >= 4 is 5.97 Å². The number of nitrogens with two attached hydrogens (primary N) is 2. The van der Waals surface area contributed by atoms with Gasteiger partial charge in [-0.25, -0.2) is 0 Å². The van der Waals surface area contributed by atoms with E-state index in [1.165, 1.54) is 0 Å². The third kappa shape index (κ3) is 2.19. The normalized spacial score (nSPS) is 33.8. The van der Waals surface area contributed by atoms with E-state index in [-0.39, 0.29) is 12.0 Å². The number of carboxylic acids is 1. The number of hydrogen-bond acceptors (Lipinski definition) is 3. The van der Waals surface area contributed by atoms with Crippen LogP contribution in [0.4, 0.5) is 0 Å². The van der Waals surface area contributed by atoms with Gasteiger partial charge in [-0.15, -0.1) is 0 Å². The molecule has 0 aromatic rings. The van der Waals surface area contributed by atoms with Gasteiger partial charge in [0.1, 0.15) is 5.54 Å². The van der Waals surface area contributed by atoms with Gasteiger partial charge in [-0.1, -0.05) is 0 Å². The first kappa shape index (κ1) is 10.5. The van der Waals surface area contributed by atoms with Crippen LogP contribution in [0.2, 0.25) is 0 Å². The van der Waals surface area contributed by atoms with Crippen LogP contribution in [0.15, 0.2) is 0 Å². The largest absolute Gasteiger partial charge is 0.480 e. The first-order valence-corrected chi connectivity index (χ1v) is 4.72. The number of hydrogen-bond donors (Lipinski definition) is 3. The van der Waals surface area contributed by atoms with Crippen molar-refractivity contribution in [2.45, 2.75) is 44.2 Å². The topological polar surface area (TPSA) is 89.3 Å². The maximum Gasteiger partial charge on any atom is 0.323 e. The van der Waals surface area contributed by atoms with Gasteiger partial charge in [-0.05, 0) is 38.5 Å². The molecule has 13 heavy (non-hydrogen) atoms. The van der Waals surface area contributed by atoms with Crippen LogP contribution in [0, 0.1) is 5.92 Å². The van der Waals surface area contributed by atoms with Crippen molar-refractivity contribution in [1.29, 1.82) is 0 Å². The van der Waals surface area contributed by atoms with Gasteiger partial charge >= 0.3 is 5.97 Å². The summed E-state index contributed by atoms with van der Waals surface area (Å²) in [5, 5.41) is 8.90. The fraction of sp³-hybridized carbons (Fsp3) is 0.889. The smallest absolute Gasteiger partial charge is 0.323 e. The molecule has 0 radical (unpaired) electrons. The third-order valence-electron chi connectivity index (χ3n) is 3.08. The van der Waals surface area contributed by atoms with E-state index < -0.39 is 11.5 Å². The van der Waals surface area contributed by atoms with Gasteiger partial charge in [-0.2, -0.15) is 0 Å². The van der Waals surface area contributed by atoms with E-state index >= 15 is 0 Å². The lowest BCUT2D eigenvalue weighted by molar-refractivity contribution is -0.145. The van der Waals surface area contributed by atoms with Crippen molar-refractivity contribution in [3.63, 3.8) is 0 Å². The van der Waals surface area contributed by atoms with E-state index in [4.69, 9.17) is 16.6 Å². The van der Waals surface area contributed by atoms with Gasteiger partial charge in [0.2, 0.25) is 0 Å². The van der Waals surface area contributed by atoms with Gasteiger partial charge in [0.25, 0.3) is 0 Å². The molecule has 1 aliphatic carbocycles. The molecule has 0 heterocycles. The minimum Gasteiger partial charge on any atom is -0.480 e. The summed E-state index contributed by atoms with van der Waals surface area (Å²) in [6.07, 6.45) is 3.45. The Balaban J connectivity index is 2.58. The quantitative estimate of drug-likeness (QED) is 0.579. The summed E-state index contributed by atoms with van der Waals surface area (Å²) in [5.41, 5.74) is 10.4. The summed E-state index contributed by atoms with van der Waals surface area (Å²) >= 11 is 0. The lowest BCUT2D eigenvalue weighted by Gasteiger charge is -2.35. The molecule has 1 fully saturated rings. The van der Waals surface area contributed by atoms with Gasteiger partial charge in [0, 0.05) is 6.04 Å². The highest BCUT2D eigenvalue weighted by atomic mass is 16.4. The molecule has 0 bridgehead atoms. The van der Waals surface area contributed by atoms with E-state index in [1.54, 1.807) is 6.92 Å². The summed E-state index contributed by atoms with van der Waals surface area (Å²) < 4.78 is 0. The maximum atomic E-state index is 10.8. The van der Waals surface area contributed by atoms with Crippen LogP contribution in [0.3, 0.4) is 0 Å². The highest BCUT2D eigenvalue weighted by Gasteiger charge is 2.38. The van der Waals surface area contributed by atoms with Crippen molar-refractivity contribution in [3.8, 4) is 0 Å². The number of carbonyl (C=O) groups is 1. The van der Waals surface area contributed by atoms with E-state index in [9.17, 15) is 4.79 Å². The molecular formula is C9H18N2O2. The summed E-state index contributed by atoms with van der Waals surface area (Å²) in [5.74, 6) is -0.835. The van der Waals surface area contributed by atoms with Crippen LogP contribution in [0.5, 0.6) is 0 Å². The minimum absolute atomic E-state index is 0.0739. The van der Waals surface area contributed by atoms with Crippen LogP contribution in [0.1, 0.15) is 32.6 Å². The Hall–Kier alpha value is -0.610. The molecule has 1 saturated carbocycles. The predicted octanol–water partition coefficient (Wildman–Crippen LogP) is 0.306. The van der Waals surface area contributed by atoms with Crippen molar-refractivity contribution in [2.75, 3.05) is 0 Å². The Labute approximate surface area is 78.3 Å². The van der Waals surface area contributed by atoms with Crippen molar-refractivity contribution in [1.82, 2.24) is 0 Å². The predicted molar refractivity (Wildman–Crippen MR) is 50.2 cm³/mol. The fourth-order valence-corrected chi connectivity index (χ4v) is 1.89. The first-order chi connectivity index (χ1) is 5.94. The summed E-state index contributed by atoms with van der Waals surface area (Å²) in [6.45, 7) is 1.59. The van der Waals surface area contributed by atoms with E-state index in [2.05, 4.69) is 0 Å². The molecule has 1 aliphatic rings. The van der Waals surface area contributed by atoms with Crippen LogP contribution in [-0.4, -0.2) is 22.7 Å². The SMILES string of the molecule is C[C@](N)(C(=O)O)C1CCC(N)CC1. The van der Waals surface area contributed by atoms with Crippen LogP contribution >= 0.6 is 0 Å². The molecule has 0 amide bonds. The monoisotopic (exact) mass is 186 g/mol. The maximum absolute atomic E-state index is 10.8. The number of aliphatic carboxylic acids is 1. The molecule has 0 aliphatic heterocycles. The van der Waals surface area contributed by atoms with Gasteiger partial charge < -0.3 is 16.6 Å². The average Bonchev–Trinajstić information content (AvgIpc) is 2.04. The Kier molecular flexibility index (Phi) is 2.93.